The number of rotatable bonds is 2. The molecule has 3 N–H and O–H groups in total. The number of esters is 1. The lowest BCUT2D eigenvalue weighted by molar-refractivity contribution is -0.137. The monoisotopic (exact) mass is 271 g/mol. The number of ether oxygens (including phenoxy) is 1. The van der Waals surface area contributed by atoms with Crippen molar-refractivity contribution in [3.8, 4) is 5.75 Å². The topological polar surface area (TPSA) is 81.0 Å². The molecule has 5 nitrogen and oxygen atoms in total. The van der Waals surface area contributed by atoms with Crippen molar-refractivity contribution in [3.63, 3.8) is 0 Å². The number of H-pyrrole nitrogens is 1. The Labute approximate surface area is 105 Å². The van der Waals surface area contributed by atoms with E-state index in [4.69, 9.17) is 10.5 Å². The van der Waals surface area contributed by atoms with Crippen molar-refractivity contribution in [1.82, 2.24) is 10.2 Å². The number of carbonyl (C=O) groups is 1. The van der Waals surface area contributed by atoms with Gasteiger partial charge in [0.25, 0.3) is 0 Å². The molecule has 8 heteroatoms. The predicted octanol–water partition coefficient (Wildman–Crippen LogP) is 2.23. The van der Waals surface area contributed by atoms with Gasteiger partial charge in [-0.1, -0.05) is 6.07 Å². The van der Waals surface area contributed by atoms with Crippen molar-refractivity contribution >= 4 is 11.8 Å². The first kappa shape index (κ1) is 12.9. The fourth-order valence-electron chi connectivity index (χ4n) is 1.34. The average Bonchev–Trinajstić information content (AvgIpc) is 2.75. The molecule has 0 aliphatic heterocycles. The fraction of sp³-hybridized carbons (Fsp3) is 0.0909. The molecule has 2 aromatic rings. The van der Waals surface area contributed by atoms with E-state index in [-0.39, 0.29) is 17.3 Å². The van der Waals surface area contributed by atoms with Crippen LogP contribution in [0.2, 0.25) is 0 Å². The van der Waals surface area contributed by atoms with Gasteiger partial charge in [-0.25, -0.2) is 4.79 Å². The summed E-state index contributed by atoms with van der Waals surface area (Å²) < 4.78 is 42.2. The Bertz CT molecular complexity index is 607. The number of aromatic amines is 1. The molecule has 0 spiro atoms. The number of hydrogen-bond acceptors (Lipinski definition) is 4. The summed E-state index contributed by atoms with van der Waals surface area (Å²) in [6, 6.07) is 5.22. The number of anilines is 1. The third-order valence-corrected chi connectivity index (χ3v) is 2.19. The highest BCUT2D eigenvalue weighted by Gasteiger charge is 2.30. The second-order valence-corrected chi connectivity index (χ2v) is 3.62. The Kier molecular flexibility index (Phi) is 3.16. The van der Waals surface area contributed by atoms with E-state index >= 15 is 0 Å². The van der Waals surface area contributed by atoms with E-state index < -0.39 is 17.7 Å². The van der Waals surface area contributed by atoms with Crippen LogP contribution >= 0.6 is 0 Å². The molecule has 1 heterocycles. The number of nitrogen functional groups attached to an aromatic ring is 1. The van der Waals surface area contributed by atoms with Gasteiger partial charge in [-0.05, 0) is 18.2 Å². The SMILES string of the molecule is Nc1cc(C(=O)Oc2cccc(C(F)(F)F)c2)[nH]n1. The zero-order chi connectivity index (χ0) is 14.0. The van der Waals surface area contributed by atoms with Crippen LogP contribution < -0.4 is 10.5 Å². The van der Waals surface area contributed by atoms with Gasteiger partial charge in [0.05, 0.1) is 5.56 Å². The van der Waals surface area contributed by atoms with Gasteiger partial charge in [-0.15, -0.1) is 0 Å². The molecular formula is C11H8F3N3O2. The number of alkyl halides is 3. The van der Waals surface area contributed by atoms with Crippen LogP contribution in [0.4, 0.5) is 19.0 Å². The molecule has 0 amide bonds. The van der Waals surface area contributed by atoms with Crippen molar-refractivity contribution in [2.45, 2.75) is 6.18 Å². The lowest BCUT2D eigenvalue weighted by Crippen LogP contribution is -2.10. The van der Waals surface area contributed by atoms with E-state index in [0.29, 0.717) is 0 Å². The minimum atomic E-state index is -4.50. The summed E-state index contributed by atoms with van der Waals surface area (Å²) in [6.07, 6.45) is -4.50. The van der Waals surface area contributed by atoms with E-state index in [1.165, 1.54) is 12.1 Å². The predicted molar refractivity (Wildman–Crippen MR) is 59.4 cm³/mol. The summed E-state index contributed by atoms with van der Waals surface area (Å²) in [5.41, 5.74) is 4.34. The highest BCUT2D eigenvalue weighted by Crippen LogP contribution is 2.31. The molecule has 0 aliphatic rings. The minimum absolute atomic E-state index is 0.0464. The first-order chi connectivity index (χ1) is 8.86. The molecule has 0 atom stereocenters. The van der Waals surface area contributed by atoms with Gasteiger partial charge < -0.3 is 10.5 Å². The highest BCUT2D eigenvalue weighted by atomic mass is 19.4. The lowest BCUT2D eigenvalue weighted by atomic mass is 10.2. The van der Waals surface area contributed by atoms with Crippen LogP contribution in [-0.4, -0.2) is 16.2 Å². The summed E-state index contributed by atoms with van der Waals surface area (Å²) in [6.45, 7) is 0. The molecule has 1 aromatic carbocycles. The molecule has 0 radical (unpaired) electrons. The molecule has 0 fully saturated rings. The van der Waals surface area contributed by atoms with Crippen molar-refractivity contribution in [3.05, 3.63) is 41.6 Å². The molecule has 0 aliphatic carbocycles. The second kappa shape index (κ2) is 4.63. The van der Waals surface area contributed by atoms with E-state index in [2.05, 4.69) is 10.2 Å². The maximum absolute atomic E-state index is 12.5. The Hall–Kier alpha value is -2.51. The van der Waals surface area contributed by atoms with Gasteiger partial charge in [0.2, 0.25) is 0 Å². The zero-order valence-corrected chi connectivity index (χ0v) is 9.36. The van der Waals surface area contributed by atoms with Crippen LogP contribution in [0.5, 0.6) is 5.75 Å². The number of halogens is 3. The lowest BCUT2D eigenvalue weighted by Gasteiger charge is -2.08. The number of aromatic nitrogens is 2. The van der Waals surface area contributed by atoms with E-state index in [9.17, 15) is 18.0 Å². The number of carbonyl (C=O) groups excluding carboxylic acids is 1. The van der Waals surface area contributed by atoms with E-state index in [0.717, 1.165) is 18.2 Å². The largest absolute Gasteiger partial charge is 0.422 e. The quantitative estimate of drug-likeness (QED) is 0.648. The molecule has 0 saturated heterocycles. The van der Waals surface area contributed by atoms with Gasteiger partial charge >= 0.3 is 12.1 Å². The summed E-state index contributed by atoms with van der Waals surface area (Å²) in [7, 11) is 0. The van der Waals surface area contributed by atoms with Gasteiger partial charge in [0.1, 0.15) is 17.3 Å². The first-order valence-corrected chi connectivity index (χ1v) is 5.06. The summed E-state index contributed by atoms with van der Waals surface area (Å²) in [5, 5.41) is 5.81. The number of nitrogens with two attached hydrogens (primary N) is 1. The maximum atomic E-state index is 12.5. The van der Waals surface area contributed by atoms with Gasteiger partial charge in [0.15, 0.2) is 0 Å². The number of benzene rings is 1. The highest BCUT2D eigenvalue weighted by molar-refractivity contribution is 5.89. The third-order valence-electron chi connectivity index (χ3n) is 2.19. The first-order valence-electron chi connectivity index (χ1n) is 5.06. The van der Waals surface area contributed by atoms with Crippen LogP contribution in [-0.2, 0) is 6.18 Å². The number of nitrogens with zero attached hydrogens (tertiary/aromatic N) is 1. The molecule has 0 unspecified atom stereocenters. The van der Waals surface area contributed by atoms with Crippen molar-refractivity contribution in [1.29, 1.82) is 0 Å². The average molecular weight is 271 g/mol. The molecule has 0 saturated carbocycles. The van der Waals surface area contributed by atoms with E-state index in [1.807, 2.05) is 0 Å². The molecule has 100 valence electrons. The Morgan fingerprint density at radius 2 is 2.05 bits per heavy atom. The molecular weight excluding hydrogens is 263 g/mol. The Balaban J connectivity index is 2.18. The van der Waals surface area contributed by atoms with Gasteiger partial charge in [0, 0.05) is 6.07 Å². The summed E-state index contributed by atoms with van der Waals surface area (Å²) in [4.78, 5) is 11.6. The van der Waals surface area contributed by atoms with Crippen LogP contribution in [0.1, 0.15) is 16.1 Å². The molecule has 1 aromatic heterocycles. The maximum Gasteiger partial charge on any atom is 0.416 e. The molecule has 0 bridgehead atoms. The summed E-state index contributed by atoms with van der Waals surface area (Å²) in [5.74, 6) is -1.01. The van der Waals surface area contributed by atoms with Gasteiger partial charge in [-0.3, -0.25) is 5.10 Å². The number of nitrogens with one attached hydrogen (secondary N) is 1. The minimum Gasteiger partial charge on any atom is -0.422 e. The smallest absolute Gasteiger partial charge is 0.416 e. The van der Waals surface area contributed by atoms with Crippen LogP contribution in [0.15, 0.2) is 30.3 Å². The van der Waals surface area contributed by atoms with E-state index in [1.54, 1.807) is 0 Å². The zero-order valence-electron chi connectivity index (χ0n) is 9.36. The van der Waals surface area contributed by atoms with Gasteiger partial charge in [-0.2, -0.15) is 18.3 Å². The second-order valence-electron chi connectivity index (χ2n) is 3.62. The normalized spacial score (nSPS) is 11.3. The molecule has 2 rings (SSSR count). The van der Waals surface area contributed by atoms with Crippen molar-refractivity contribution < 1.29 is 22.7 Å². The Morgan fingerprint density at radius 1 is 1.32 bits per heavy atom. The third kappa shape index (κ3) is 3.03. The molecule has 19 heavy (non-hydrogen) atoms. The number of hydrogen-bond donors (Lipinski definition) is 2. The van der Waals surface area contributed by atoms with Crippen molar-refractivity contribution in [2.24, 2.45) is 0 Å². The van der Waals surface area contributed by atoms with Crippen molar-refractivity contribution in [2.75, 3.05) is 5.73 Å². The standard InChI is InChI=1S/C11H8F3N3O2/c12-11(13,14)6-2-1-3-7(4-6)19-10(18)8-5-9(15)17-16-8/h1-5H,(H3,15,16,17). The Morgan fingerprint density at radius 3 is 2.63 bits per heavy atom. The van der Waals surface area contributed by atoms with Crippen LogP contribution in [0, 0.1) is 0 Å². The van der Waals surface area contributed by atoms with Crippen LogP contribution in [0.3, 0.4) is 0 Å². The van der Waals surface area contributed by atoms with Crippen LogP contribution in [0.25, 0.3) is 0 Å². The summed E-state index contributed by atoms with van der Waals surface area (Å²) >= 11 is 0. The fourth-order valence-corrected chi connectivity index (χ4v) is 1.34.